The maximum atomic E-state index is 3.58. The summed E-state index contributed by atoms with van der Waals surface area (Å²) in [6.07, 6.45) is 2.51. The molecular formula is C17H17BrN2. The zero-order chi connectivity index (χ0) is 13.5. The highest BCUT2D eigenvalue weighted by Crippen LogP contribution is 2.46. The van der Waals surface area contributed by atoms with E-state index in [2.05, 4.69) is 68.6 Å². The first-order chi connectivity index (χ1) is 9.83. The van der Waals surface area contributed by atoms with E-state index in [-0.39, 0.29) is 0 Å². The molecule has 102 valence electrons. The maximum absolute atomic E-state index is 3.58. The van der Waals surface area contributed by atoms with Gasteiger partial charge in [0.15, 0.2) is 0 Å². The van der Waals surface area contributed by atoms with Gasteiger partial charge >= 0.3 is 0 Å². The highest BCUT2D eigenvalue weighted by atomic mass is 79.9. The smallest absolute Gasteiger partial charge is 0.0466 e. The number of hydrogen-bond donors (Lipinski definition) is 1. The van der Waals surface area contributed by atoms with E-state index >= 15 is 0 Å². The molecule has 3 heteroatoms. The number of nitrogens with zero attached hydrogens (tertiary/aromatic N) is 1. The van der Waals surface area contributed by atoms with Crippen LogP contribution in [0.15, 0.2) is 46.9 Å². The lowest BCUT2D eigenvalue weighted by atomic mass is 9.83. The molecule has 0 saturated heterocycles. The van der Waals surface area contributed by atoms with Crippen LogP contribution < -0.4 is 10.2 Å². The minimum absolute atomic E-state index is 0.728. The van der Waals surface area contributed by atoms with Gasteiger partial charge in [0.05, 0.1) is 0 Å². The van der Waals surface area contributed by atoms with Gasteiger partial charge in [0.1, 0.15) is 0 Å². The molecule has 2 aliphatic rings. The first-order valence-corrected chi connectivity index (χ1v) is 8.02. The van der Waals surface area contributed by atoms with Gasteiger partial charge in [0.25, 0.3) is 0 Å². The van der Waals surface area contributed by atoms with Gasteiger partial charge < -0.3 is 10.2 Å². The van der Waals surface area contributed by atoms with Gasteiger partial charge in [-0.1, -0.05) is 28.1 Å². The Hall–Kier alpha value is -1.48. The van der Waals surface area contributed by atoms with Crippen LogP contribution >= 0.6 is 15.9 Å². The van der Waals surface area contributed by atoms with E-state index in [4.69, 9.17) is 0 Å². The topological polar surface area (TPSA) is 15.3 Å². The van der Waals surface area contributed by atoms with E-state index in [9.17, 15) is 0 Å². The van der Waals surface area contributed by atoms with Gasteiger partial charge in [0, 0.05) is 40.2 Å². The summed E-state index contributed by atoms with van der Waals surface area (Å²) in [6.45, 7) is 2.22. The minimum atomic E-state index is 0.728. The van der Waals surface area contributed by atoms with E-state index in [1.807, 2.05) is 0 Å². The van der Waals surface area contributed by atoms with Gasteiger partial charge in [-0.15, -0.1) is 0 Å². The third kappa shape index (κ3) is 1.92. The lowest BCUT2D eigenvalue weighted by Gasteiger charge is -2.39. The molecule has 0 radical (unpaired) electrons. The maximum Gasteiger partial charge on any atom is 0.0466 e. The Morgan fingerprint density at radius 3 is 2.90 bits per heavy atom. The van der Waals surface area contributed by atoms with E-state index in [0.717, 1.165) is 23.5 Å². The Kier molecular flexibility index (Phi) is 2.95. The summed E-state index contributed by atoms with van der Waals surface area (Å²) in [7, 11) is 0. The van der Waals surface area contributed by atoms with Crippen molar-refractivity contribution in [2.75, 3.05) is 23.3 Å². The van der Waals surface area contributed by atoms with Crippen LogP contribution in [0.4, 0.5) is 17.1 Å². The Morgan fingerprint density at radius 2 is 2.00 bits per heavy atom. The van der Waals surface area contributed by atoms with Gasteiger partial charge in [-0.25, -0.2) is 0 Å². The second-order valence-corrected chi connectivity index (χ2v) is 6.49. The Balaban J connectivity index is 1.84. The lowest BCUT2D eigenvalue weighted by Crippen LogP contribution is -2.30. The molecule has 0 saturated carbocycles. The van der Waals surface area contributed by atoms with Crippen molar-refractivity contribution >= 4 is 33.0 Å². The zero-order valence-electron chi connectivity index (χ0n) is 11.3. The summed E-state index contributed by atoms with van der Waals surface area (Å²) in [6, 6.07) is 15.2. The first kappa shape index (κ1) is 12.3. The van der Waals surface area contributed by atoms with Crippen molar-refractivity contribution in [3.63, 3.8) is 0 Å². The monoisotopic (exact) mass is 328 g/mol. The van der Waals surface area contributed by atoms with Crippen LogP contribution in [0.25, 0.3) is 0 Å². The normalized spacial score (nSPS) is 20.2. The van der Waals surface area contributed by atoms with Crippen LogP contribution in [0, 0.1) is 0 Å². The number of halogens is 1. The number of hydrogen-bond acceptors (Lipinski definition) is 2. The standard InChI is InChI=1S/C17H17BrN2/c18-13-3-1-4-14(11-13)20-10-8-12-7-9-19-15-5-2-6-16(20)17(12)15/h1-6,11-12,19H,7-10H2. The fraction of sp³-hybridized carbons (Fsp3) is 0.294. The van der Waals surface area contributed by atoms with Crippen molar-refractivity contribution in [3.05, 3.63) is 52.5 Å². The molecule has 0 bridgehead atoms. The van der Waals surface area contributed by atoms with Crippen LogP contribution in [-0.2, 0) is 0 Å². The van der Waals surface area contributed by atoms with E-state index in [1.165, 1.54) is 35.5 Å². The molecule has 2 heterocycles. The molecule has 4 rings (SSSR count). The third-order valence-electron chi connectivity index (χ3n) is 4.41. The molecule has 1 atom stereocenters. The van der Waals surface area contributed by atoms with Crippen molar-refractivity contribution in [2.45, 2.75) is 18.8 Å². The molecule has 0 aromatic heterocycles. The molecule has 0 aliphatic carbocycles. The fourth-order valence-corrected chi connectivity index (χ4v) is 3.89. The molecule has 1 N–H and O–H groups in total. The van der Waals surface area contributed by atoms with Crippen LogP contribution in [0.5, 0.6) is 0 Å². The molecule has 2 aromatic carbocycles. The van der Waals surface area contributed by atoms with Gasteiger partial charge in [-0.2, -0.15) is 0 Å². The molecule has 20 heavy (non-hydrogen) atoms. The van der Waals surface area contributed by atoms with Crippen molar-refractivity contribution < 1.29 is 0 Å². The average Bonchev–Trinajstić information content (AvgIpc) is 2.48. The summed E-state index contributed by atoms with van der Waals surface area (Å²) >= 11 is 3.58. The third-order valence-corrected chi connectivity index (χ3v) is 4.90. The molecule has 2 aromatic rings. The Morgan fingerprint density at radius 1 is 1.10 bits per heavy atom. The first-order valence-electron chi connectivity index (χ1n) is 7.23. The number of nitrogens with one attached hydrogen (secondary N) is 1. The van der Waals surface area contributed by atoms with E-state index in [0.29, 0.717) is 0 Å². The van der Waals surface area contributed by atoms with E-state index in [1.54, 1.807) is 0 Å². The number of rotatable bonds is 1. The second kappa shape index (κ2) is 4.81. The Bertz CT molecular complexity index is 653. The zero-order valence-corrected chi connectivity index (χ0v) is 12.9. The minimum Gasteiger partial charge on any atom is -0.385 e. The average molecular weight is 329 g/mol. The van der Waals surface area contributed by atoms with Crippen molar-refractivity contribution in [1.29, 1.82) is 0 Å². The predicted octanol–water partition coefficient (Wildman–Crippen LogP) is 4.89. The second-order valence-electron chi connectivity index (χ2n) is 5.57. The predicted molar refractivity (Wildman–Crippen MR) is 88.1 cm³/mol. The molecule has 0 spiro atoms. The van der Waals surface area contributed by atoms with Crippen molar-refractivity contribution in [3.8, 4) is 0 Å². The molecule has 2 aliphatic heterocycles. The molecule has 0 amide bonds. The lowest BCUT2D eigenvalue weighted by molar-refractivity contribution is 0.561. The highest BCUT2D eigenvalue weighted by Gasteiger charge is 2.30. The molecule has 1 unspecified atom stereocenters. The summed E-state index contributed by atoms with van der Waals surface area (Å²) in [5, 5.41) is 3.55. The summed E-state index contributed by atoms with van der Waals surface area (Å²) < 4.78 is 1.14. The molecular weight excluding hydrogens is 312 g/mol. The van der Waals surface area contributed by atoms with Crippen LogP contribution in [0.2, 0.25) is 0 Å². The van der Waals surface area contributed by atoms with Gasteiger partial charge in [0.2, 0.25) is 0 Å². The largest absolute Gasteiger partial charge is 0.385 e. The summed E-state index contributed by atoms with van der Waals surface area (Å²) in [5.41, 5.74) is 5.50. The van der Waals surface area contributed by atoms with Gasteiger partial charge in [-0.3, -0.25) is 0 Å². The summed E-state index contributed by atoms with van der Waals surface area (Å²) in [5.74, 6) is 0.728. The number of anilines is 3. The SMILES string of the molecule is Brc1cccc(N2CCC3CCNc4cccc2c43)c1. The van der Waals surface area contributed by atoms with Crippen molar-refractivity contribution in [1.82, 2.24) is 0 Å². The van der Waals surface area contributed by atoms with Crippen molar-refractivity contribution in [2.24, 2.45) is 0 Å². The summed E-state index contributed by atoms with van der Waals surface area (Å²) in [4.78, 5) is 2.45. The Labute approximate surface area is 127 Å². The molecule has 2 nitrogen and oxygen atoms in total. The quantitative estimate of drug-likeness (QED) is 0.801. The van der Waals surface area contributed by atoms with Crippen LogP contribution in [0.3, 0.4) is 0 Å². The molecule has 0 fully saturated rings. The van der Waals surface area contributed by atoms with Gasteiger partial charge in [-0.05, 0) is 49.1 Å². The highest BCUT2D eigenvalue weighted by molar-refractivity contribution is 9.10. The van der Waals surface area contributed by atoms with Crippen LogP contribution in [-0.4, -0.2) is 13.1 Å². The fourth-order valence-electron chi connectivity index (χ4n) is 3.50. The van der Waals surface area contributed by atoms with E-state index < -0.39 is 0 Å². The number of benzene rings is 2. The van der Waals surface area contributed by atoms with Crippen LogP contribution in [0.1, 0.15) is 24.3 Å².